The number of halogens is 6. The average molecular weight is 686 g/mol. The van der Waals surface area contributed by atoms with E-state index in [0.717, 1.165) is 0 Å². The Morgan fingerprint density at radius 1 is 1.11 bits per heavy atom. The van der Waals surface area contributed by atoms with Gasteiger partial charge in [-0.3, -0.25) is 9.59 Å². The van der Waals surface area contributed by atoms with Gasteiger partial charge in [0.2, 0.25) is 18.3 Å². The summed E-state index contributed by atoms with van der Waals surface area (Å²) in [5.74, 6) is -3.87. The highest BCUT2D eigenvalue weighted by molar-refractivity contribution is 6.39. The zero-order valence-electron chi connectivity index (χ0n) is 26.1. The van der Waals surface area contributed by atoms with Gasteiger partial charge in [-0.15, -0.1) is 0 Å². The highest BCUT2D eigenvalue weighted by Crippen LogP contribution is 2.39. The fourth-order valence-corrected chi connectivity index (χ4v) is 6.43. The lowest BCUT2D eigenvalue weighted by Crippen LogP contribution is -2.39. The summed E-state index contributed by atoms with van der Waals surface area (Å²) in [6, 6.07) is 6.31. The Morgan fingerprint density at radius 3 is 2.41 bits per heavy atom. The standard InChI is InChI=1S/C32H38Cl2F4N6O2/c1-31(2,3)29(46)39-15-18-7-10-21(33)26(25(18)34)42-30-41-22-13-20(28(45)40-19-8-5-17(6-9-19)27(35)36)23(14-24(22)43(30)4)44-12-11-32(37,38)16-44/h7,10,13-14,17,19,27H,5-6,8-9,11-12,15-16H2,1-4H3,(H,39,46)(H,40,45)(H,41,42). The summed E-state index contributed by atoms with van der Waals surface area (Å²) >= 11 is 13.2. The summed E-state index contributed by atoms with van der Waals surface area (Å²) in [5, 5.41) is 9.58. The first-order valence-corrected chi connectivity index (χ1v) is 16.0. The molecule has 14 heteroatoms. The Bertz CT molecular complexity index is 1630. The summed E-state index contributed by atoms with van der Waals surface area (Å²) in [6.45, 7) is 5.12. The van der Waals surface area contributed by atoms with E-state index >= 15 is 0 Å². The minimum absolute atomic E-state index is 0.0605. The normalized spacial score (nSPS) is 19.9. The number of imidazole rings is 1. The maximum atomic E-state index is 14.3. The van der Waals surface area contributed by atoms with Gasteiger partial charge in [-0.2, -0.15) is 0 Å². The second kappa shape index (κ2) is 13.1. The molecule has 1 aliphatic carbocycles. The molecule has 0 spiro atoms. The number of alkyl halides is 4. The third kappa shape index (κ3) is 7.33. The summed E-state index contributed by atoms with van der Waals surface area (Å²) in [6.07, 6.45) is -1.30. The van der Waals surface area contributed by atoms with Gasteiger partial charge in [0.15, 0.2) is 0 Å². The Kier molecular flexibility index (Phi) is 9.71. The van der Waals surface area contributed by atoms with Gasteiger partial charge in [-0.25, -0.2) is 22.5 Å². The number of aryl methyl sites for hydroxylation is 1. The monoisotopic (exact) mass is 684 g/mol. The fraction of sp³-hybridized carbons (Fsp3) is 0.531. The summed E-state index contributed by atoms with van der Waals surface area (Å²) in [7, 11) is 1.73. The molecule has 2 fully saturated rings. The van der Waals surface area contributed by atoms with Gasteiger partial charge in [-0.1, -0.05) is 50.0 Å². The van der Waals surface area contributed by atoms with Crippen molar-refractivity contribution in [3.8, 4) is 0 Å². The van der Waals surface area contributed by atoms with Crippen LogP contribution in [-0.2, 0) is 18.4 Å². The van der Waals surface area contributed by atoms with E-state index in [1.807, 2.05) is 0 Å². The van der Waals surface area contributed by atoms with Gasteiger partial charge >= 0.3 is 0 Å². The van der Waals surface area contributed by atoms with Gasteiger partial charge in [0, 0.05) is 43.9 Å². The summed E-state index contributed by atoms with van der Waals surface area (Å²) < 4.78 is 56.6. The molecule has 3 aromatic rings. The molecule has 46 heavy (non-hydrogen) atoms. The molecule has 1 aliphatic heterocycles. The maximum absolute atomic E-state index is 14.3. The van der Waals surface area contributed by atoms with Crippen molar-refractivity contribution in [3.63, 3.8) is 0 Å². The number of aromatic nitrogens is 2. The second-order valence-electron chi connectivity index (χ2n) is 13.3. The van der Waals surface area contributed by atoms with E-state index in [4.69, 9.17) is 23.2 Å². The largest absolute Gasteiger partial charge is 0.365 e. The van der Waals surface area contributed by atoms with Crippen LogP contribution in [0.2, 0.25) is 10.0 Å². The lowest BCUT2D eigenvalue weighted by atomic mass is 9.86. The number of benzene rings is 2. The highest BCUT2D eigenvalue weighted by atomic mass is 35.5. The van der Waals surface area contributed by atoms with Crippen LogP contribution in [0.5, 0.6) is 0 Å². The van der Waals surface area contributed by atoms with Gasteiger partial charge in [-0.05, 0) is 49.4 Å². The van der Waals surface area contributed by atoms with Crippen LogP contribution in [0.4, 0.5) is 34.9 Å². The minimum atomic E-state index is -2.90. The molecule has 8 nitrogen and oxygen atoms in total. The molecule has 1 saturated heterocycles. The van der Waals surface area contributed by atoms with Gasteiger partial charge < -0.3 is 25.4 Å². The number of hydrogen-bond donors (Lipinski definition) is 3. The number of nitrogens with zero attached hydrogens (tertiary/aromatic N) is 3. The molecule has 0 unspecified atom stereocenters. The Labute approximate surface area is 275 Å². The highest BCUT2D eigenvalue weighted by Gasteiger charge is 2.40. The number of rotatable bonds is 8. The topological polar surface area (TPSA) is 91.3 Å². The lowest BCUT2D eigenvalue weighted by Gasteiger charge is -2.29. The Hall–Kier alpha value is -3.25. The molecule has 1 aromatic heterocycles. The van der Waals surface area contributed by atoms with Crippen molar-refractivity contribution < 1.29 is 27.2 Å². The molecule has 250 valence electrons. The molecule has 5 rings (SSSR count). The molecule has 2 aromatic carbocycles. The lowest BCUT2D eigenvalue weighted by molar-refractivity contribution is -0.128. The predicted octanol–water partition coefficient (Wildman–Crippen LogP) is 7.69. The minimum Gasteiger partial charge on any atom is -0.365 e. The van der Waals surface area contributed by atoms with Crippen LogP contribution in [0.25, 0.3) is 11.0 Å². The van der Waals surface area contributed by atoms with Gasteiger partial charge in [0.05, 0.1) is 44.6 Å². The second-order valence-corrected chi connectivity index (χ2v) is 14.0. The SMILES string of the molecule is Cn1c(Nc2c(Cl)ccc(CNC(=O)C(C)(C)C)c2Cl)nc2cc(C(=O)NC3CCC(C(F)F)CC3)c(N3CCC(F)(F)C3)cc21. The smallest absolute Gasteiger partial charge is 0.266 e. The van der Waals surface area contributed by atoms with Crippen LogP contribution in [0.3, 0.4) is 0 Å². The van der Waals surface area contributed by atoms with E-state index in [-0.39, 0.29) is 42.0 Å². The van der Waals surface area contributed by atoms with Crippen molar-refractivity contribution >= 4 is 63.4 Å². The number of amides is 2. The zero-order valence-corrected chi connectivity index (χ0v) is 27.6. The zero-order chi connectivity index (χ0) is 33.6. The van der Waals surface area contributed by atoms with Crippen molar-refractivity contribution in [2.45, 2.75) is 77.8 Å². The predicted molar refractivity (Wildman–Crippen MR) is 173 cm³/mol. The molecule has 0 radical (unpaired) electrons. The Morgan fingerprint density at radius 2 is 1.80 bits per heavy atom. The van der Waals surface area contributed by atoms with Crippen LogP contribution in [0, 0.1) is 11.3 Å². The van der Waals surface area contributed by atoms with E-state index in [1.165, 1.54) is 4.90 Å². The van der Waals surface area contributed by atoms with Crippen molar-refractivity contribution in [1.82, 2.24) is 20.2 Å². The molecule has 0 atom stereocenters. The van der Waals surface area contributed by atoms with Crippen LogP contribution >= 0.6 is 23.2 Å². The van der Waals surface area contributed by atoms with Crippen molar-refractivity contribution in [2.24, 2.45) is 18.4 Å². The Balaban J connectivity index is 1.45. The number of nitrogens with one attached hydrogen (secondary N) is 3. The first-order valence-electron chi connectivity index (χ1n) is 15.3. The summed E-state index contributed by atoms with van der Waals surface area (Å²) in [4.78, 5) is 32.2. The van der Waals surface area contributed by atoms with E-state index in [0.29, 0.717) is 64.6 Å². The molecule has 2 amide bonds. The molecule has 2 aliphatic rings. The van der Waals surface area contributed by atoms with Crippen LogP contribution in [-0.4, -0.2) is 52.8 Å². The molecular formula is C32H38Cl2F4N6O2. The van der Waals surface area contributed by atoms with Crippen LogP contribution in [0.15, 0.2) is 24.3 Å². The van der Waals surface area contributed by atoms with Gasteiger partial charge in [0.25, 0.3) is 11.8 Å². The first kappa shape index (κ1) is 34.1. The van der Waals surface area contributed by atoms with Crippen molar-refractivity contribution in [2.75, 3.05) is 23.3 Å². The molecule has 3 N–H and O–H groups in total. The number of fused-ring (bicyclic) bond motifs is 1. The molecule has 2 heterocycles. The van der Waals surface area contributed by atoms with E-state index in [2.05, 4.69) is 20.9 Å². The third-order valence-electron chi connectivity index (χ3n) is 8.75. The van der Waals surface area contributed by atoms with Crippen molar-refractivity contribution in [3.05, 3.63) is 45.4 Å². The number of anilines is 3. The number of carbonyl (C=O) groups is 2. The van der Waals surface area contributed by atoms with Crippen LogP contribution in [0.1, 0.15) is 68.8 Å². The van der Waals surface area contributed by atoms with E-state index in [1.54, 1.807) is 56.7 Å². The quantitative estimate of drug-likeness (QED) is 0.212. The van der Waals surface area contributed by atoms with Crippen molar-refractivity contribution in [1.29, 1.82) is 0 Å². The van der Waals surface area contributed by atoms with Gasteiger partial charge in [0.1, 0.15) is 0 Å². The molecular weight excluding hydrogens is 647 g/mol. The molecule has 1 saturated carbocycles. The fourth-order valence-electron chi connectivity index (χ4n) is 5.90. The van der Waals surface area contributed by atoms with E-state index < -0.39 is 36.1 Å². The average Bonchev–Trinajstić information content (AvgIpc) is 3.51. The number of hydrogen-bond acceptors (Lipinski definition) is 5. The first-order chi connectivity index (χ1) is 21.5. The number of carbonyl (C=O) groups excluding carboxylic acids is 2. The van der Waals surface area contributed by atoms with E-state index in [9.17, 15) is 27.2 Å². The third-order valence-corrected chi connectivity index (χ3v) is 9.49. The maximum Gasteiger partial charge on any atom is 0.266 e. The summed E-state index contributed by atoms with van der Waals surface area (Å²) in [5.41, 5.74) is 1.92. The van der Waals surface area contributed by atoms with Crippen LogP contribution < -0.4 is 20.9 Å². The molecule has 0 bridgehead atoms.